The first-order valence-corrected chi connectivity index (χ1v) is 5.65. The van der Waals surface area contributed by atoms with Gasteiger partial charge in [-0.25, -0.2) is 0 Å². The van der Waals surface area contributed by atoms with Gasteiger partial charge < -0.3 is 4.74 Å². The number of esters is 1. The number of hydrogen-bond donors (Lipinski definition) is 1. The van der Waals surface area contributed by atoms with E-state index in [0.717, 1.165) is 18.5 Å². The second-order valence-electron chi connectivity index (χ2n) is 4.85. The van der Waals surface area contributed by atoms with Crippen LogP contribution >= 0.6 is 0 Å². The fourth-order valence-electron chi connectivity index (χ4n) is 2.57. The summed E-state index contributed by atoms with van der Waals surface area (Å²) in [6, 6.07) is 6.21. The lowest BCUT2D eigenvalue weighted by atomic mass is 9.90. The van der Waals surface area contributed by atoms with Gasteiger partial charge >= 0.3 is 5.97 Å². The molecule has 16 heavy (non-hydrogen) atoms. The lowest BCUT2D eigenvalue weighted by Gasteiger charge is -2.27. The Kier molecular flexibility index (Phi) is 1.89. The molecular formula is C13H15NO2. The molecule has 1 aromatic carbocycles. The number of carbonyl (C=O) groups excluding carboxylic acids is 1. The number of morpholine rings is 1. The topological polar surface area (TPSA) is 38.3 Å². The van der Waals surface area contributed by atoms with E-state index in [4.69, 9.17) is 4.74 Å². The molecule has 0 radical (unpaired) electrons. The number of benzene rings is 1. The molecule has 0 aliphatic carbocycles. The standard InChI is InChI=1S/C13H15NO2/c1-8-3-4-10(5-9(8)2)13-6-11(14-7-13)12(15)16-13/h3-5,11,14H,6-7H2,1-2H3. The molecule has 2 heterocycles. The van der Waals surface area contributed by atoms with Crippen LogP contribution in [0.1, 0.15) is 23.1 Å². The van der Waals surface area contributed by atoms with Crippen LogP contribution in [0.5, 0.6) is 0 Å². The van der Waals surface area contributed by atoms with Gasteiger partial charge in [0.1, 0.15) is 6.04 Å². The summed E-state index contributed by atoms with van der Waals surface area (Å²) in [4.78, 5) is 11.5. The number of carbonyl (C=O) groups is 1. The van der Waals surface area contributed by atoms with E-state index >= 15 is 0 Å². The molecule has 0 saturated carbocycles. The van der Waals surface area contributed by atoms with Crippen LogP contribution in [-0.2, 0) is 15.1 Å². The lowest BCUT2D eigenvalue weighted by Crippen LogP contribution is -2.40. The van der Waals surface area contributed by atoms with Crippen molar-refractivity contribution in [2.75, 3.05) is 6.54 Å². The van der Waals surface area contributed by atoms with Crippen molar-refractivity contribution in [3.8, 4) is 0 Å². The largest absolute Gasteiger partial charge is 0.452 e. The first-order chi connectivity index (χ1) is 7.61. The minimum Gasteiger partial charge on any atom is -0.452 e. The molecule has 84 valence electrons. The van der Waals surface area contributed by atoms with Crippen LogP contribution in [0, 0.1) is 13.8 Å². The lowest BCUT2D eigenvalue weighted by molar-refractivity contribution is -0.153. The summed E-state index contributed by atoms with van der Waals surface area (Å²) < 4.78 is 5.53. The van der Waals surface area contributed by atoms with Gasteiger partial charge in [0.25, 0.3) is 0 Å². The van der Waals surface area contributed by atoms with Crippen LogP contribution in [0.4, 0.5) is 0 Å². The van der Waals surface area contributed by atoms with Crippen LogP contribution < -0.4 is 5.32 Å². The van der Waals surface area contributed by atoms with Gasteiger partial charge in [0.2, 0.25) is 0 Å². The number of fused-ring (bicyclic) bond motifs is 2. The molecule has 2 aliphatic heterocycles. The third kappa shape index (κ3) is 1.21. The summed E-state index contributed by atoms with van der Waals surface area (Å²) in [5.41, 5.74) is 3.24. The Morgan fingerprint density at radius 1 is 1.38 bits per heavy atom. The summed E-state index contributed by atoms with van der Waals surface area (Å²) >= 11 is 0. The number of rotatable bonds is 1. The number of hydrogen-bond acceptors (Lipinski definition) is 3. The normalized spacial score (nSPS) is 31.9. The van der Waals surface area contributed by atoms with Gasteiger partial charge in [0, 0.05) is 13.0 Å². The third-order valence-electron chi connectivity index (χ3n) is 3.78. The van der Waals surface area contributed by atoms with E-state index in [1.54, 1.807) is 0 Å². The first kappa shape index (κ1) is 9.85. The van der Waals surface area contributed by atoms with Gasteiger partial charge in [-0.2, -0.15) is 0 Å². The molecule has 0 spiro atoms. The number of ether oxygens (including phenoxy) is 1. The quantitative estimate of drug-likeness (QED) is 0.723. The smallest absolute Gasteiger partial charge is 0.324 e. The molecule has 2 aliphatic rings. The summed E-state index contributed by atoms with van der Waals surface area (Å²) in [5, 5.41) is 3.20. The second kappa shape index (κ2) is 3.08. The van der Waals surface area contributed by atoms with Gasteiger partial charge in [-0.15, -0.1) is 0 Å². The second-order valence-corrected chi connectivity index (χ2v) is 4.85. The fourth-order valence-corrected chi connectivity index (χ4v) is 2.57. The van der Waals surface area contributed by atoms with Crippen molar-refractivity contribution < 1.29 is 9.53 Å². The molecule has 3 heteroatoms. The van der Waals surface area contributed by atoms with E-state index in [0.29, 0.717) is 0 Å². The molecule has 1 aromatic rings. The summed E-state index contributed by atoms with van der Waals surface area (Å²) in [5.74, 6) is -0.107. The van der Waals surface area contributed by atoms with Crippen LogP contribution in [0.15, 0.2) is 18.2 Å². The average Bonchev–Trinajstić information content (AvgIpc) is 2.80. The van der Waals surface area contributed by atoms with Crippen molar-refractivity contribution in [3.05, 3.63) is 34.9 Å². The Balaban J connectivity index is 2.04. The minimum atomic E-state index is -0.403. The highest BCUT2D eigenvalue weighted by Crippen LogP contribution is 2.41. The first-order valence-electron chi connectivity index (χ1n) is 5.65. The molecule has 2 unspecified atom stereocenters. The maximum atomic E-state index is 11.5. The molecular weight excluding hydrogens is 202 g/mol. The Morgan fingerprint density at radius 3 is 2.75 bits per heavy atom. The number of aryl methyl sites for hydroxylation is 2. The van der Waals surface area contributed by atoms with Crippen molar-refractivity contribution in [1.82, 2.24) is 5.32 Å². The molecule has 3 nitrogen and oxygen atoms in total. The predicted molar refractivity (Wildman–Crippen MR) is 60.1 cm³/mol. The third-order valence-corrected chi connectivity index (χ3v) is 3.78. The Hall–Kier alpha value is -1.35. The van der Waals surface area contributed by atoms with Crippen molar-refractivity contribution in [2.45, 2.75) is 31.9 Å². The van der Waals surface area contributed by atoms with Crippen LogP contribution in [0.2, 0.25) is 0 Å². The Labute approximate surface area is 94.8 Å². The monoisotopic (exact) mass is 217 g/mol. The summed E-state index contributed by atoms with van der Waals surface area (Å²) in [7, 11) is 0. The fraction of sp³-hybridized carbons (Fsp3) is 0.462. The molecule has 0 aromatic heterocycles. The van der Waals surface area contributed by atoms with E-state index in [1.807, 2.05) is 0 Å². The zero-order chi connectivity index (χ0) is 11.3. The summed E-state index contributed by atoms with van der Waals surface area (Å²) in [6.45, 7) is 4.92. The van der Waals surface area contributed by atoms with Crippen molar-refractivity contribution >= 4 is 5.97 Å². The number of nitrogens with one attached hydrogen (secondary N) is 1. The highest BCUT2D eigenvalue weighted by molar-refractivity contribution is 5.80. The SMILES string of the molecule is Cc1ccc(C23CNC(C2)C(=O)O3)cc1C. The molecule has 2 bridgehead atoms. The Morgan fingerprint density at radius 2 is 2.19 bits per heavy atom. The molecule has 1 N–H and O–H groups in total. The molecule has 2 fully saturated rings. The molecule has 2 saturated heterocycles. The van der Waals surface area contributed by atoms with E-state index in [1.165, 1.54) is 11.1 Å². The van der Waals surface area contributed by atoms with Gasteiger partial charge in [-0.1, -0.05) is 18.2 Å². The zero-order valence-electron chi connectivity index (χ0n) is 9.54. The van der Waals surface area contributed by atoms with E-state index in [2.05, 4.69) is 37.4 Å². The van der Waals surface area contributed by atoms with Crippen LogP contribution in [0.25, 0.3) is 0 Å². The van der Waals surface area contributed by atoms with Crippen LogP contribution in [-0.4, -0.2) is 18.6 Å². The molecule has 0 amide bonds. The van der Waals surface area contributed by atoms with Crippen molar-refractivity contribution in [3.63, 3.8) is 0 Å². The van der Waals surface area contributed by atoms with E-state index < -0.39 is 5.60 Å². The van der Waals surface area contributed by atoms with Gasteiger partial charge in [0.15, 0.2) is 5.60 Å². The van der Waals surface area contributed by atoms with Crippen molar-refractivity contribution in [1.29, 1.82) is 0 Å². The van der Waals surface area contributed by atoms with E-state index in [9.17, 15) is 4.79 Å². The van der Waals surface area contributed by atoms with Gasteiger partial charge in [-0.3, -0.25) is 10.1 Å². The van der Waals surface area contributed by atoms with Crippen molar-refractivity contribution in [2.24, 2.45) is 0 Å². The average molecular weight is 217 g/mol. The summed E-state index contributed by atoms with van der Waals surface area (Å²) in [6.07, 6.45) is 0.772. The van der Waals surface area contributed by atoms with Gasteiger partial charge in [0.05, 0.1) is 0 Å². The molecule has 3 rings (SSSR count). The maximum Gasteiger partial charge on any atom is 0.324 e. The van der Waals surface area contributed by atoms with Gasteiger partial charge in [-0.05, 0) is 30.5 Å². The molecule has 2 atom stereocenters. The Bertz CT molecular complexity index is 469. The van der Waals surface area contributed by atoms with E-state index in [-0.39, 0.29) is 12.0 Å². The maximum absolute atomic E-state index is 11.5. The highest BCUT2D eigenvalue weighted by atomic mass is 16.6. The highest BCUT2D eigenvalue weighted by Gasteiger charge is 2.53. The van der Waals surface area contributed by atoms with Crippen LogP contribution in [0.3, 0.4) is 0 Å². The predicted octanol–water partition coefficient (Wildman–Crippen LogP) is 1.42. The minimum absolute atomic E-state index is 0.0957. The zero-order valence-corrected chi connectivity index (χ0v) is 9.54.